The van der Waals surface area contributed by atoms with E-state index in [1.165, 1.54) is 17.7 Å². The molecule has 0 aliphatic heterocycles. The van der Waals surface area contributed by atoms with Crippen LogP contribution in [0.4, 0.5) is 4.79 Å². The summed E-state index contributed by atoms with van der Waals surface area (Å²) in [5.41, 5.74) is 2.26. The van der Waals surface area contributed by atoms with E-state index in [4.69, 9.17) is 9.84 Å². The lowest BCUT2D eigenvalue weighted by Gasteiger charge is -2.14. The number of carbonyl (C=O) groups is 2. The van der Waals surface area contributed by atoms with Crippen molar-refractivity contribution in [2.45, 2.75) is 19.9 Å². The predicted molar refractivity (Wildman–Crippen MR) is 99.5 cm³/mol. The van der Waals surface area contributed by atoms with Gasteiger partial charge in [0.05, 0.1) is 12.7 Å². The number of methoxy groups -OCH3 is 1. The van der Waals surface area contributed by atoms with Gasteiger partial charge in [0.25, 0.3) is 0 Å². The fourth-order valence-electron chi connectivity index (χ4n) is 2.51. The number of amides is 2. The Morgan fingerprint density at radius 1 is 1.00 bits per heavy atom. The van der Waals surface area contributed by atoms with Crippen molar-refractivity contribution in [3.8, 4) is 5.75 Å². The molecule has 6 heteroatoms. The van der Waals surface area contributed by atoms with Crippen LogP contribution in [0, 0.1) is 5.92 Å². The number of urea groups is 1. The van der Waals surface area contributed by atoms with Gasteiger partial charge >= 0.3 is 12.0 Å². The summed E-state index contributed by atoms with van der Waals surface area (Å²) in [5.74, 6) is 0.160. The third-order valence-corrected chi connectivity index (χ3v) is 4.01. The van der Waals surface area contributed by atoms with E-state index in [1.807, 2.05) is 24.3 Å². The van der Waals surface area contributed by atoms with Crippen molar-refractivity contribution in [1.29, 1.82) is 0 Å². The van der Waals surface area contributed by atoms with Gasteiger partial charge in [-0.25, -0.2) is 9.59 Å². The quantitative estimate of drug-likeness (QED) is 0.678. The molecule has 0 bridgehead atoms. The minimum absolute atomic E-state index is 0.227. The Hall–Kier alpha value is -3.02. The first-order valence-electron chi connectivity index (χ1n) is 8.45. The SMILES string of the molecule is COc1ccc(CC(C)CNC(=O)NCc2ccc(C(=O)O)cc2)cc1. The first-order chi connectivity index (χ1) is 12.5. The molecule has 0 heterocycles. The van der Waals surface area contributed by atoms with Crippen molar-refractivity contribution in [3.05, 3.63) is 65.2 Å². The maximum Gasteiger partial charge on any atom is 0.335 e. The molecule has 0 saturated carbocycles. The third kappa shape index (κ3) is 6.12. The van der Waals surface area contributed by atoms with Crippen LogP contribution in [0.5, 0.6) is 5.75 Å². The Labute approximate surface area is 153 Å². The van der Waals surface area contributed by atoms with Crippen molar-refractivity contribution >= 4 is 12.0 Å². The number of carboxylic acid groups (broad SMARTS) is 1. The van der Waals surface area contributed by atoms with Crippen LogP contribution in [0.3, 0.4) is 0 Å². The molecule has 26 heavy (non-hydrogen) atoms. The topological polar surface area (TPSA) is 87.7 Å². The number of hydrogen-bond donors (Lipinski definition) is 3. The van der Waals surface area contributed by atoms with Crippen molar-refractivity contribution in [3.63, 3.8) is 0 Å². The molecular weight excluding hydrogens is 332 g/mol. The normalized spacial score (nSPS) is 11.5. The van der Waals surface area contributed by atoms with Crippen LogP contribution >= 0.6 is 0 Å². The van der Waals surface area contributed by atoms with E-state index in [0.717, 1.165) is 17.7 Å². The molecular formula is C20H24N2O4. The molecule has 0 fully saturated rings. The predicted octanol–water partition coefficient (Wildman–Crippen LogP) is 3.07. The molecule has 1 atom stereocenters. The molecule has 6 nitrogen and oxygen atoms in total. The number of benzene rings is 2. The second kappa shape index (κ2) is 9.46. The van der Waals surface area contributed by atoms with Crippen molar-refractivity contribution in [2.75, 3.05) is 13.7 Å². The van der Waals surface area contributed by atoms with E-state index in [9.17, 15) is 9.59 Å². The van der Waals surface area contributed by atoms with E-state index in [0.29, 0.717) is 19.0 Å². The van der Waals surface area contributed by atoms with Gasteiger partial charge in [0.15, 0.2) is 0 Å². The number of carboxylic acids is 1. The second-order valence-electron chi connectivity index (χ2n) is 6.22. The molecule has 0 aromatic heterocycles. The second-order valence-corrected chi connectivity index (χ2v) is 6.22. The molecule has 2 aromatic carbocycles. The molecule has 0 aliphatic carbocycles. The van der Waals surface area contributed by atoms with Crippen LogP contribution in [0.2, 0.25) is 0 Å². The van der Waals surface area contributed by atoms with Gasteiger partial charge in [0, 0.05) is 13.1 Å². The van der Waals surface area contributed by atoms with Gasteiger partial charge < -0.3 is 20.5 Å². The molecule has 0 spiro atoms. The monoisotopic (exact) mass is 356 g/mol. The van der Waals surface area contributed by atoms with E-state index in [-0.39, 0.29) is 11.6 Å². The molecule has 0 aliphatic rings. The maximum absolute atomic E-state index is 11.9. The van der Waals surface area contributed by atoms with Gasteiger partial charge in [0.2, 0.25) is 0 Å². The van der Waals surface area contributed by atoms with Gasteiger partial charge in [-0.05, 0) is 47.7 Å². The van der Waals surface area contributed by atoms with E-state index in [1.54, 1.807) is 19.2 Å². The highest BCUT2D eigenvalue weighted by atomic mass is 16.5. The van der Waals surface area contributed by atoms with E-state index in [2.05, 4.69) is 17.6 Å². The molecule has 2 aromatic rings. The summed E-state index contributed by atoms with van der Waals surface area (Å²) >= 11 is 0. The first kappa shape index (κ1) is 19.3. The Morgan fingerprint density at radius 3 is 2.19 bits per heavy atom. The molecule has 1 unspecified atom stereocenters. The van der Waals surface area contributed by atoms with Crippen LogP contribution in [0.25, 0.3) is 0 Å². The summed E-state index contributed by atoms with van der Waals surface area (Å²) in [5, 5.41) is 14.5. The van der Waals surface area contributed by atoms with Gasteiger partial charge in [-0.3, -0.25) is 0 Å². The van der Waals surface area contributed by atoms with Crippen molar-refractivity contribution in [2.24, 2.45) is 5.92 Å². The molecule has 3 N–H and O–H groups in total. The molecule has 2 amide bonds. The number of ether oxygens (including phenoxy) is 1. The number of aromatic carboxylic acids is 1. The zero-order valence-corrected chi connectivity index (χ0v) is 15.0. The average molecular weight is 356 g/mol. The number of hydrogen-bond acceptors (Lipinski definition) is 3. The number of carbonyl (C=O) groups excluding carboxylic acids is 1. The Bertz CT molecular complexity index is 726. The highest BCUT2D eigenvalue weighted by Crippen LogP contribution is 2.14. The minimum atomic E-state index is -0.965. The highest BCUT2D eigenvalue weighted by Gasteiger charge is 2.07. The Morgan fingerprint density at radius 2 is 1.62 bits per heavy atom. The molecule has 2 rings (SSSR count). The molecule has 138 valence electrons. The van der Waals surface area contributed by atoms with Crippen molar-refractivity contribution < 1.29 is 19.4 Å². The van der Waals surface area contributed by atoms with Gasteiger partial charge in [0.1, 0.15) is 5.75 Å². The summed E-state index contributed by atoms with van der Waals surface area (Å²) in [6.45, 7) is 2.99. The molecule has 0 radical (unpaired) electrons. The van der Waals surface area contributed by atoms with Crippen LogP contribution in [-0.4, -0.2) is 30.8 Å². The van der Waals surface area contributed by atoms with Crippen LogP contribution in [0.15, 0.2) is 48.5 Å². The zero-order valence-electron chi connectivity index (χ0n) is 15.0. The zero-order chi connectivity index (χ0) is 18.9. The smallest absolute Gasteiger partial charge is 0.335 e. The van der Waals surface area contributed by atoms with E-state index >= 15 is 0 Å². The van der Waals surface area contributed by atoms with Crippen LogP contribution in [0.1, 0.15) is 28.4 Å². The van der Waals surface area contributed by atoms with Crippen LogP contribution in [-0.2, 0) is 13.0 Å². The van der Waals surface area contributed by atoms with Gasteiger partial charge in [-0.2, -0.15) is 0 Å². The lowest BCUT2D eigenvalue weighted by Crippen LogP contribution is -2.37. The fraction of sp³-hybridized carbons (Fsp3) is 0.300. The van der Waals surface area contributed by atoms with Gasteiger partial charge in [-0.1, -0.05) is 31.2 Å². The van der Waals surface area contributed by atoms with E-state index < -0.39 is 5.97 Å². The molecule has 0 saturated heterocycles. The van der Waals surface area contributed by atoms with Gasteiger partial charge in [-0.15, -0.1) is 0 Å². The summed E-state index contributed by atoms with van der Waals surface area (Å²) in [6, 6.07) is 14.1. The standard InChI is InChI=1S/C20H24N2O4/c1-14(11-15-5-9-18(26-2)10-6-15)12-21-20(25)22-13-16-3-7-17(8-4-16)19(23)24/h3-10,14H,11-13H2,1-2H3,(H,23,24)(H2,21,22,25). The average Bonchev–Trinajstić information content (AvgIpc) is 2.65. The summed E-state index contributed by atoms with van der Waals surface area (Å²) < 4.78 is 5.14. The Balaban J connectivity index is 1.71. The Kier molecular flexibility index (Phi) is 7.02. The maximum atomic E-state index is 11.9. The highest BCUT2D eigenvalue weighted by molar-refractivity contribution is 5.87. The third-order valence-electron chi connectivity index (χ3n) is 4.01. The first-order valence-corrected chi connectivity index (χ1v) is 8.45. The number of rotatable bonds is 8. The summed E-state index contributed by atoms with van der Waals surface area (Å²) in [4.78, 5) is 22.7. The summed E-state index contributed by atoms with van der Waals surface area (Å²) in [7, 11) is 1.64. The lowest BCUT2D eigenvalue weighted by molar-refractivity contribution is 0.0697. The van der Waals surface area contributed by atoms with Crippen LogP contribution < -0.4 is 15.4 Å². The van der Waals surface area contributed by atoms with Crippen molar-refractivity contribution in [1.82, 2.24) is 10.6 Å². The minimum Gasteiger partial charge on any atom is -0.497 e. The summed E-state index contributed by atoms with van der Waals surface area (Å²) in [6.07, 6.45) is 0.862. The lowest BCUT2D eigenvalue weighted by atomic mass is 10.0. The fourth-order valence-corrected chi connectivity index (χ4v) is 2.51. The largest absolute Gasteiger partial charge is 0.497 e. The number of nitrogens with one attached hydrogen (secondary N) is 2.